The van der Waals surface area contributed by atoms with E-state index in [1.165, 1.54) is 21.5 Å². The van der Waals surface area contributed by atoms with Crippen molar-refractivity contribution >= 4 is 137 Å². The highest BCUT2D eigenvalue weighted by Gasteiger charge is 2.28. The molecule has 0 saturated heterocycles. The van der Waals surface area contributed by atoms with Gasteiger partial charge < -0.3 is 27.1 Å². The Morgan fingerprint density at radius 1 is 0.355 bits per heavy atom. The minimum Gasteiger partial charge on any atom is -0.455 e. The Kier molecular flexibility index (Phi) is 7.99. The van der Waals surface area contributed by atoms with Crippen molar-refractivity contribution in [2.75, 3.05) is 0 Å². The van der Waals surface area contributed by atoms with Crippen LogP contribution in [0.4, 0.5) is 5.69 Å². The highest BCUT2D eigenvalue weighted by molar-refractivity contribution is 6.26. The topological polar surface area (TPSA) is 74.2 Å². The zero-order chi connectivity index (χ0) is 49.9. The molecule has 0 saturated carbocycles. The molecule has 76 heavy (non-hydrogen) atoms. The van der Waals surface area contributed by atoms with Gasteiger partial charge in [-0.05, 0) is 109 Å². The second kappa shape index (κ2) is 14.9. The number of fused-ring (bicyclic) bond motifs is 20. The second-order valence-corrected chi connectivity index (χ2v) is 19.8. The van der Waals surface area contributed by atoms with Crippen molar-refractivity contribution in [2.24, 2.45) is 0 Å². The predicted octanol–water partition coefficient (Wildman–Crippen LogP) is 18.3. The van der Waals surface area contributed by atoms with E-state index in [1.54, 1.807) is 6.07 Å². The second-order valence-electron chi connectivity index (χ2n) is 19.8. The number of benzene rings is 11. The van der Waals surface area contributed by atoms with E-state index in [-0.39, 0.29) is 0 Å². The van der Waals surface area contributed by atoms with Gasteiger partial charge in [0.05, 0.1) is 78.4 Å². The largest absolute Gasteiger partial charge is 0.455 e. The fourth-order valence-corrected chi connectivity index (χ4v) is 12.9. The molecule has 6 aromatic heterocycles. The first kappa shape index (κ1) is 40.8. The molecule has 8 nitrogen and oxygen atoms in total. The molecule has 0 radical (unpaired) electrons. The van der Waals surface area contributed by atoms with Crippen LogP contribution in [0, 0.1) is 17.9 Å². The molecule has 0 bridgehead atoms. The molecule has 6 heterocycles. The molecule has 0 spiro atoms. The molecule has 0 N–H and O–H groups in total. The summed E-state index contributed by atoms with van der Waals surface area (Å²) in [5.74, 6) is 0. The fraction of sp³-hybridized carbons (Fsp3) is 0. The Bertz CT molecular complexity index is 5420. The van der Waals surface area contributed by atoms with Crippen LogP contribution in [0.25, 0.3) is 159 Å². The standard InChI is InChI=1S/C68H36N6O2/c1-70-40-34-39(38-69)66(74-58-31-27-42(72-55-22-10-4-16-45(55)46-17-5-11-23-56(46)72)37-52(58)65-60(74)33-29-50-48-19-7-13-25-63(48)76-68(50)65)61(35-40)73-57-30-26-41(71-53-20-8-2-14-43(53)44-15-3-9-21-54(44)71)36-51(57)64-59(73)32-28-49-47-18-6-12-24-62(47)75-67(49)64/h2-37H. The zero-order valence-electron chi connectivity index (χ0n) is 40.3. The predicted molar refractivity (Wildman–Crippen MR) is 309 cm³/mol. The Balaban J connectivity index is 1.02. The van der Waals surface area contributed by atoms with Gasteiger partial charge >= 0.3 is 0 Å². The minimum absolute atomic E-state index is 0.353. The molecule has 0 atom stereocenters. The molecule has 17 rings (SSSR count). The average molecular weight is 969 g/mol. The lowest BCUT2D eigenvalue weighted by Gasteiger charge is -2.19. The first-order valence-corrected chi connectivity index (χ1v) is 25.3. The van der Waals surface area contributed by atoms with Gasteiger partial charge in [-0.25, -0.2) is 4.85 Å². The van der Waals surface area contributed by atoms with Crippen LogP contribution in [0.15, 0.2) is 227 Å². The van der Waals surface area contributed by atoms with Gasteiger partial charge in [0.1, 0.15) is 28.4 Å². The maximum atomic E-state index is 11.5. The molecule has 350 valence electrons. The first-order chi connectivity index (χ1) is 37.6. The summed E-state index contributed by atoms with van der Waals surface area (Å²) in [6.45, 7) is 8.50. The van der Waals surface area contributed by atoms with Gasteiger partial charge in [-0.15, -0.1) is 0 Å². The number of rotatable bonds is 4. The molecule has 0 aliphatic rings. The van der Waals surface area contributed by atoms with Gasteiger partial charge in [0.15, 0.2) is 5.69 Å². The monoisotopic (exact) mass is 968 g/mol. The van der Waals surface area contributed by atoms with Crippen LogP contribution in [0.1, 0.15) is 5.56 Å². The van der Waals surface area contributed by atoms with E-state index in [1.807, 2.05) is 42.5 Å². The third-order valence-electron chi connectivity index (χ3n) is 16.0. The molecule has 0 aliphatic carbocycles. The van der Waals surface area contributed by atoms with Crippen molar-refractivity contribution in [3.8, 4) is 28.8 Å². The van der Waals surface area contributed by atoms with Crippen LogP contribution in [0.5, 0.6) is 0 Å². The Labute approximate surface area is 431 Å². The maximum absolute atomic E-state index is 11.5. The molecule has 0 aliphatic heterocycles. The maximum Gasteiger partial charge on any atom is 0.190 e. The quantitative estimate of drug-likeness (QED) is 0.165. The van der Waals surface area contributed by atoms with E-state index in [2.05, 4.69) is 199 Å². The van der Waals surface area contributed by atoms with E-state index < -0.39 is 0 Å². The smallest absolute Gasteiger partial charge is 0.190 e. The van der Waals surface area contributed by atoms with Gasteiger partial charge in [-0.2, -0.15) is 5.26 Å². The van der Waals surface area contributed by atoms with E-state index in [4.69, 9.17) is 15.4 Å². The van der Waals surface area contributed by atoms with Crippen molar-refractivity contribution < 1.29 is 8.83 Å². The van der Waals surface area contributed by atoms with E-state index in [9.17, 15) is 5.26 Å². The average Bonchev–Trinajstić information content (AvgIpc) is 4.40. The Morgan fingerprint density at radius 3 is 1.21 bits per heavy atom. The number of nitriles is 1. The lowest BCUT2D eigenvalue weighted by atomic mass is 10.1. The van der Waals surface area contributed by atoms with Crippen LogP contribution in [-0.4, -0.2) is 18.3 Å². The van der Waals surface area contributed by atoms with Crippen LogP contribution in [-0.2, 0) is 0 Å². The normalized spacial score (nSPS) is 12.2. The zero-order valence-corrected chi connectivity index (χ0v) is 40.3. The number of aromatic nitrogens is 4. The lowest BCUT2D eigenvalue weighted by molar-refractivity contribution is 0.672. The lowest BCUT2D eigenvalue weighted by Crippen LogP contribution is -2.06. The number of hydrogen-bond acceptors (Lipinski definition) is 3. The SMILES string of the molecule is [C-]#[N+]c1cc(C#N)c(-n2c3ccc(-n4c5ccccc5c5ccccc54)cc3c3c4oc5ccccc5c4ccc32)c(-n2c3ccc(-n4c5ccccc5c5ccccc54)cc3c3c4oc5ccccc5c4ccc32)c1. The highest BCUT2D eigenvalue weighted by Crippen LogP contribution is 2.48. The van der Waals surface area contributed by atoms with Crippen molar-refractivity contribution in [2.45, 2.75) is 0 Å². The summed E-state index contributed by atoms with van der Waals surface area (Å²) in [7, 11) is 0. The number of para-hydroxylation sites is 6. The first-order valence-electron chi connectivity index (χ1n) is 25.3. The third kappa shape index (κ3) is 5.28. The van der Waals surface area contributed by atoms with Gasteiger partial charge in [0, 0.05) is 65.2 Å². The third-order valence-corrected chi connectivity index (χ3v) is 16.0. The van der Waals surface area contributed by atoms with E-state index in [0.717, 1.165) is 121 Å². The minimum atomic E-state index is 0.353. The molecule has 17 aromatic rings. The molecule has 0 amide bonds. The van der Waals surface area contributed by atoms with Crippen LogP contribution in [0.3, 0.4) is 0 Å². The Morgan fingerprint density at radius 2 is 0.750 bits per heavy atom. The van der Waals surface area contributed by atoms with Crippen LogP contribution in [0.2, 0.25) is 0 Å². The molecule has 11 aromatic carbocycles. The summed E-state index contributed by atoms with van der Waals surface area (Å²) in [4.78, 5) is 4.03. The molecular formula is C68H36N6O2. The fourth-order valence-electron chi connectivity index (χ4n) is 12.9. The van der Waals surface area contributed by atoms with Crippen LogP contribution < -0.4 is 0 Å². The number of furan rings is 2. The molecular weight excluding hydrogens is 933 g/mol. The van der Waals surface area contributed by atoms with Gasteiger partial charge in [0.25, 0.3) is 0 Å². The van der Waals surface area contributed by atoms with Gasteiger partial charge in [-0.1, -0.05) is 109 Å². The number of hydrogen-bond donors (Lipinski definition) is 0. The number of nitrogens with zero attached hydrogens (tertiary/aromatic N) is 6. The van der Waals surface area contributed by atoms with Crippen molar-refractivity contribution in [3.63, 3.8) is 0 Å². The summed E-state index contributed by atoms with van der Waals surface area (Å²) in [5.41, 5.74) is 15.1. The summed E-state index contributed by atoms with van der Waals surface area (Å²) in [6.07, 6.45) is 0. The summed E-state index contributed by atoms with van der Waals surface area (Å²) < 4.78 is 23.0. The molecule has 0 fully saturated rings. The highest BCUT2D eigenvalue weighted by atomic mass is 16.3. The van der Waals surface area contributed by atoms with Gasteiger partial charge in [-0.3, -0.25) is 0 Å². The Hall–Kier alpha value is -10.8. The summed E-state index contributed by atoms with van der Waals surface area (Å²) in [6, 6.07) is 78.8. The molecule has 8 heteroatoms. The van der Waals surface area contributed by atoms with Crippen molar-refractivity contribution in [1.82, 2.24) is 18.3 Å². The van der Waals surface area contributed by atoms with Crippen molar-refractivity contribution in [1.29, 1.82) is 5.26 Å². The van der Waals surface area contributed by atoms with Crippen LogP contribution >= 0.6 is 0 Å². The summed E-state index contributed by atoms with van der Waals surface area (Å²) >= 11 is 0. The van der Waals surface area contributed by atoms with E-state index >= 15 is 0 Å². The summed E-state index contributed by atoms with van der Waals surface area (Å²) in [5, 5.41) is 24.1. The molecule has 0 unspecified atom stereocenters. The van der Waals surface area contributed by atoms with Gasteiger partial charge in [0.2, 0.25) is 0 Å². The van der Waals surface area contributed by atoms with Crippen molar-refractivity contribution in [3.05, 3.63) is 235 Å². The van der Waals surface area contributed by atoms with E-state index in [0.29, 0.717) is 22.6 Å².